The molecule has 1 aromatic heterocycles. The second kappa shape index (κ2) is 9.78. The fraction of sp³-hybridized carbons (Fsp3) is 0.160. The van der Waals surface area contributed by atoms with Crippen molar-refractivity contribution in [1.29, 1.82) is 0 Å². The third kappa shape index (κ3) is 4.89. The molecule has 5 nitrogen and oxygen atoms in total. The highest BCUT2D eigenvalue weighted by Crippen LogP contribution is 2.30. The van der Waals surface area contributed by atoms with Gasteiger partial charge in [0.25, 0.3) is 0 Å². The zero-order valence-electron chi connectivity index (χ0n) is 17.9. The summed E-state index contributed by atoms with van der Waals surface area (Å²) >= 11 is 1.35. The molecule has 0 radical (unpaired) electrons. The fourth-order valence-corrected chi connectivity index (χ4v) is 4.38. The second-order valence-electron chi connectivity index (χ2n) is 7.42. The molecule has 1 unspecified atom stereocenters. The molecule has 1 atom stereocenters. The first kappa shape index (κ1) is 21.8. The van der Waals surface area contributed by atoms with Crippen LogP contribution in [0.4, 0.5) is 4.39 Å². The van der Waals surface area contributed by atoms with Gasteiger partial charge in [-0.1, -0.05) is 60.3 Å². The van der Waals surface area contributed by atoms with E-state index in [1.807, 2.05) is 72.2 Å². The summed E-state index contributed by atoms with van der Waals surface area (Å²) in [6.07, 6.45) is 0. The van der Waals surface area contributed by atoms with E-state index in [4.69, 9.17) is 0 Å². The van der Waals surface area contributed by atoms with Crippen LogP contribution in [0.25, 0.3) is 17.1 Å². The molecule has 0 aliphatic carbocycles. The van der Waals surface area contributed by atoms with Crippen molar-refractivity contribution in [1.82, 2.24) is 19.7 Å². The van der Waals surface area contributed by atoms with Crippen LogP contribution in [0.15, 0.2) is 90.1 Å². The molecule has 0 aliphatic heterocycles. The molecule has 4 rings (SSSR count). The Morgan fingerprint density at radius 2 is 1.59 bits per heavy atom. The van der Waals surface area contributed by atoms with E-state index in [2.05, 4.69) is 10.2 Å². The number of hydrogen-bond acceptors (Lipinski definition) is 4. The average Bonchev–Trinajstić information content (AvgIpc) is 3.23. The number of amides is 1. The Bertz CT molecular complexity index is 1180. The maximum atomic E-state index is 13.4. The smallest absolute Gasteiger partial charge is 0.235 e. The van der Waals surface area contributed by atoms with Gasteiger partial charge >= 0.3 is 0 Å². The van der Waals surface area contributed by atoms with Gasteiger partial charge < -0.3 is 4.90 Å². The molecule has 3 aromatic carbocycles. The van der Waals surface area contributed by atoms with Crippen molar-refractivity contribution in [3.8, 4) is 17.1 Å². The molecule has 1 heterocycles. The van der Waals surface area contributed by atoms with E-state index in [9.17, 15) is 9.18 Å². The Balaban J connectivity index is 1.60. The van der Waals surface area contributed by atoms with Gasteiger partial charge in [0.1, 0.15) is 5.82 Å². The van der Waals surface area contributed by atoms with E-state index in [0.717, 1.165) is 16.8 Å². The highest BCUT2D eigenvalue weighted by atomic mass is 32.2. The number of para-hydroxylation sites is 1. The Hall–Kier alpha value is -3.45. The number of thioether (sulfide) groups is 1. The summed E-state index contributed by atoms with van der Waals surface area (Å²) in [6.45, 7) is 2.41. The third-order valence-electron chi connectivity index (χ3n) is 5.02. The SMILES string of the molecule is CC(Sc1nnc(-c2ccc(F)cc2)n1-c1ccccc1)C(=O)N(C)Cc1ccccc1. The van der Waals surface area contributed by atoms with Crippen molar-refractivity contribution in [2.45, 2.75) is 23.9 Å². The van der Waals surface area contributed by atoms with Gasteiger partial charge in [-0.05, 0) is 48.9 Å². The predicted molar refractivity (Wildman–Crippen MR) is 125 cm³/mol. The highest BCUT2D eigenvalue weighted by Gasteiger charge is 2.24. The number of benzene rings is 3. The standard InChI is InChI=1S/C25H23FN4OS/c1-18(24(31)29(2)17-19-9-5-3-6-10-19)32-25-28-27-23(20-13-15-21(26)16-14-20)30(25)22-11-7-4-8-12-22/h3-16,18H,17H2,1-2H3. The zero-order valence-corrected chi connectivity index (χ0v) is 18.7. The van der Waals surface area contributed by atoms with E-state index < -0.39 is 0 Å². The number of hydrogen-bond donors (Lipinski definition) is 0. The molecule has 162 valence electrons. The van der Waals surface area contributed by atoms with Crippen molar-refractivity contribution in [2.24, 2.45) is 0 Å². The Morgan fingerprint density at radius 1 is 0.969 bits per heavy atom. The third-order valence-corrected chi connectivity index (χ3v) is 6.05. The fourth-order valence-electron chi connectivity index (χ4n) is 3.40. The molecule has 1 amide bonds. The van der Waals surface area contributed by atoms with Crippen molar-refractivity contribution in [2.75, 3.05) is 7.05 Å². The first-order valence-corrected chi connectivity index (χ1v) is 11.1. The van der Waals surface area contributed by atoms with Crippen LogP contribution in [0.2, 0.25) is 0 Å². The summed E-state index contributed by atoms with van der Waals surface area (Å²) in [5.74, 6) is 0.288. The summed E-state index contributed by atoms with van der Waals surface area (Å²) < 4.78 is 15.3. The number of rotatable bonds is 7. The Labute approximate surface area is 190 Å². The topological polar surface area (TPSA) is 51.0 Å². The molecule has 4 aromatic rings. The van der Waals surface area contributed by atoms with E-state index in [0.29, 0.717) is 17.5 Å². The van der Waals surface area contributed by atoms with Crippen molar-refractivity contribution in [3.05, 3.63) is 96.3 Å². The van der Waals surface area contributed by atoms with Gasteiger partial charge in [0.2, 0.25) is 5.91 Å². The van der Waals surface area contributed by atoms with Crippen molar-refractivity contribution < 1.29 is 9.18 Å². The highest BCUT2D eigenvalue weighted by molar-refractivity contribution is 8.00. The van der Waals surface area contributed by atoms with Crippen LogP contribution < -0.4 is 0 Å². The number of nitrogens with zero attached hydrogens (tertiary/aromatic N) is 4. The van der Waals surface area contributed by atoms with Crippen molar-refractivity contribution >= 4 is 17.7 Å². The molecular formula is C25H23FN4OS. The molecule has 0 aliphatic rings. The van der Waals surface area contributed by atoms with Gasteiger partial charge in [0.15, 0.2) is 11.0 Å². The monoisotopic (exact) mass is 446 g/mol. The van der Waals surface area contributed by atoms with E-state index in [1.165, 1.54) is 23.9 Å². The van der Waals surface area contributed by atoms with Gasteiger partial charge in [-0.15, -0.1) is 10.2 Å². The zero-order chi connectivity index (χ0) is 22.5. The summed E-state index contributed by atoms with van der Waals surface area (Å²) in [5, 5.41) is 8.97. The quantitative estimate of drug-likeness (QED) is 0.366. The maximum Gasteiger partial charge on any atom is 0.235 e. The average molecular weight is 447 g/mol. The Morgan fingerprint density at radius 3 is 2.25 bits per heavy atom. The number of carbonyl (C=O) groups excluding carboxylic acids is 1. The van der Waals surface area contributed by atoms with E-state index in [1.54, 1.807) is 24.1 Å². The molecule has 0 bridgehead atoms. The molecule has 32 heavy (non-hydrogen) atoms. The number of halogens is 1. The largest absolute Gasteiger partial charge is 0.340 e. The molecular weight excluding hydrogens is 423 g/mol. The second-order valence-corrected chi connectivity index (χ2v) is 8.73. The summed E-state index contributed by atoms with van der Waals surface area (Å²) in [4.78, 5) is 14.7. The summed E-state index contributed by atoms with van der Waals surface area (Å²) in [7, 11) is 1.80. The Kier molecular flexibility index (Phi) is 6.66. The van der Waals surface area contributed by atoms with Crippen LogP contribution in [-0.4, -0.2) is 37.9 Å². The van der Waals surface area contributed by atoms with Gasteiger partial charge in [0.05, 0.1) is 5.25 Å². The normalized spacial score (nSPS) is 11.8. The van der Waals surface area contributed by atoms with E-state index >= 15 is 0 Å². The van der Waals surface area contributed by atoms with Gasteiger partial charge in [-0.25, -0.2) is 4.39 Å². The van der Waals surface area contributed by atoms with Gasteiger partial charge in [-0.3, -0.25) is 9.36 Å². The van der Waals surface area contributed by atoms with Crippen LogP contribution in [0.3, 0.4) is 0 Å². The van der Waals surface area contributed by atoms with Crippen LogP contribution in [0.1, 0.15) is 12.5 Å². The summed E-state index contributed by atoms with van der Waals surface area (Å²) in [6, 6.07) is 25.7. The minimum absolute atomic E-state index is 0.00444. The lowest BCUT2D eigenvalue weighted by Crippen LogP contribution is -2.32. The molecule has 0 N–H and O–H groups in total. The lowest BCUT2D eigenvalue weighted by Gasteiger charge is -2.21. The molecule has 7 heteroatoms. The summed E-state index contributed by atoms with van der Waals surface area (Å²) in [5.41, 5.74) is 2.69. The van der Waals surface area contributed by atoms with Crippen LogP contribution in [0.5, 0.6) is 0 Å². The van der Waals surface area contributed by atoms with Gasteiger partial charge in [-0.2, -0.15) is 0 Å². The molecule has 0 fully saturated rings. The molecule has 0 saturated heterocycles. The van der Waals surface area contributed by atoms with Crippen LogP contribution in [0, 0.1) is 5.82 Å². The van der Waals surface area contributed by atoms with Crippen LogP contribution >= 0.6 is 11.8 Å². The van der Waals surface area contributed by atoms with E-state index in [-0.39, 0.29) is 17.0 Å². The van der Waals surface area contributed by atoms with Crippen LogP contribution in [-0.2, 0) is 11.3 Å². The first-order valence-electron chi connectivity index (χ1n) is 10.3. The number of aromatic nitrogens is 3. The molecule has 0 spiro atoms. The first-order chi connectivity index (χ1) is 15.5. The van der Waals surface area contributed by atoms with Gasteiger partial charge in [0, 0.05) is 24.8 Å². The molecule has 0 saturated carbocycles. The predicted octanol–water partition coefficient (Wildman–Crippen LogP) is 5.21. The van der Waals surface area contributed by atoms with Crippen molar-refractivity contribution in [3.63, 3.8) is 0 Å². The minimum Gasteiger partial charge on any atom is -0.340 e. The maximum absolute atomic E-state index is 13.4. The number of carbonyl (C=O) groups is 1. The lowest BCUT2D eigenvalue weighted by atomic mass is 10.2. The lowest BCUT2D eigenvalue weighted by molar-refractivity contribution is -0.129. The minimum atomic E-state index is -0.364.